The first kappa shape index (κ1) is 27.2. The highest BCUT2D eigenvalue weighted by atomic mass is 16.2. The van der Waals surface area contributed by atoms with E-state index in [1.807, 2.05) is 33.0 Å². The van der Waals surface area contributed by atoms with Crippen molar-refractivity contribution in [3.63, 3.8) is 0 Å². The largest absolute Gasteiger partial charge is 0.381 e. The third-order valence-electron chi connectivity index (χ3n) is 7.12. The van der Waals surface area contributed by atoms with E-state index < -0.39 is 5.41 Å². The summed E-state index contributed by atoms with van der Waals surface area (Å²) in [5.41, 5.74) is 6.71. The van der Waals surface area contributed by atoms with Crippen LogP contribution in [-0.4, -0.2) is 25.8 Å². The summed E-state index contributed by atoms with van der Waals surface area (Å²) in [4.78, 5) is 28.2. The van der Waals surface area contributed by atoms with Crippen LogP contribution in [0.1, 0.15) is 53.2 Å². The van der Waals surface area contributed by atoms with Gasteiger partial charge in [-0.25, -0.2) is 9.97 Å². The number of hydrogen-bond donors (Lipinski definition) is 4. The van der Waals surface area contributed by atoms with Crippen LogP contribution in [0.2, 0.25) is 0 Å². The average Bonchev–Trinajstić information content (AvgIpc) is 3.55. The molecule has 0 saturated heterocycles. The Kier molecular flexibility index (Phi) is 7.00. The van der Waals surface area contributed by atoms with Gasteiger partial charge in [0.2, 0.25) is 5.91 Å². The summed E-state index contributed by atoms with van der Waals surface area (Å²) in [7, 11) is 0. The van der Waals surface area contributed by atoms with Crippen LogP contribution in [0.25, 0.3) is 44.2 Å². The van der Waals surface area contributed by atoms with Crippen molar-refractivity contribution in [1.29, 1.82) is 0 Å². The number of rotatable bonds is 7. The molecule has 0 atom stereocenters. The third-order valence-corrected chi connectivity index (χ3v) is 7.12. The maximum Gasteiger partial charge on any atom is 0.225 e. The van der Waals surface area contributed by atoms with E-state index >= 15 is 0 Å². The zero-order valence-corrected chi connectivity index (χ0v) is 24.2. The Bertz CT molecular complexity index is 1710. The molecule has 0 aliphatic carbocycles. The second kappa shape index (κ2) is 10.3. The molecular weight excluding hydrogens is 496 g/mol. The molecule has 0 saturated carbocycles. The number of imidazole rings is 2. The summed E-state index contributed by atoms with van der Waals surface area (Å²) in [6.07, 6.45) is 1.88. The molecule has 2 aromatic heterocycles. The molecule has 5 aromatic rings. The fraction of sp³-hybridized carbons (Fsp3) is 0.303. The molecule has 0 fully saturated rings. The van der Waals surface area contributed by atoms with Crippen molar-refractivity contribution >= 4 is 27.7 Å². The molecule has 0 aliphatic rings. The Balaban J connectivity index is 1.31. The van der Waals surface area contributed by atoms with Gasteiger partial charge in [-0.05, 0) is 46.2 Å². The number of nitrogens with one attached hydrogen (secondary N) is 4. The number of H-pyrrole nitrogens is 2. The molecule has 0 spiro atoms. The van der Waals surface area contributed by atoms with Crippen LogP contribution in [0.3, 0.4) is 0 Å². The molecule has 2 heterocycles. The smallest absolute Gasteiger partial charge is 0.225 e. The number of benzene rings is 3. The summed E-state index contributed by atoms with van der Waals surface area (Å²) in [6, 6.07) is 19.2. The van der Waals surface area contributed by atoms with Gasteiger partial charge >= 0.3 is 0 Å². The normalized spacial score (nSPS) is 12.2. The lowest BCUT2D eigenvalue weighted by atomic mass is 9.93. The predicted octanol–water partition coefficient (Wildman–Crippen LogP) is 7.08. The summed E-state index contributed by atoms with van der Waals surface area (Å²) in [5, 5.41) is 8.66. The number of carbonyl (C=O) groups excluding carboxylic acids is 1. The van der Waals surface area contributed by atoms with Crippen molar-refractivity contribution in [3.8, 4) is 22.4 Å². The molecule has 5 rings (SSSR count). The van der Waals surface area contributed by atoms with Gasteiger partial charge < -0.3 is 20.6 Å². The Morgan fingerprint density at radius 1 is 0.775 bits per heavy atom. The summed E-state index contributed by atoms with van der Waals surface area (Å²) < 4.78 is 0. The van der Waals surface area contributed by atoms with Crippen molar-refractivity contribution in [3.05, 3.63) is 84.7 Å². The van der Waals surface area contributed by atoms with Gasteiger partial charge in [0, 0.05) is 22.1 Å². The molecule has 40 heavy (non-hydrogen) atoms. The van der Waals surface area contributed by atoms with Crippen molar-refractivity contribution in [1.82, 2.24) is 30.6 Å². The number of amides is 1. The van der Waals surface area contributed by atoms with Crippen LogP contribution in [-0.2, 0) is 17.9 Å². The van der Waals surface area contributed by atoms with Crippen LogP contribution in [0.15, 0.2) is 73.1 Å². The van der Waals surface area contributed by atoms with Gasteiger partial charge in [0.1, 0.15) is 11.6 Å². The Morgan fingerprint density at radius 3 is 2.10 bits per heavy atom. The molecule has 7 nitrogen and oxygen atoms in total. The average molecular weight is 535 g/mol. The van der Waals surface area contributed by atoms with E-state index in [4.69, 9.17) is 0 Å². The van der Waals surface area contributed by atoms with E-state index in [2.05, 4.69) is 106 Å². The van der Waals surface area contributed by atoms with Gasteiger partial charge in [-0.1, -0.05) is 78.5 Å². The number of aromatic amines is 2. The van der Waals surface area contributed by atoms with Gasteiger partial charge in [-0.15, -0.1) is 0 Å². The van der Waals surface area contributed by atoms with Crippen LogP contribution >= 0.6 is 0 Å². The van der Waals surface area contributed by atoms with Crippen LogP contribution in [0, 0.1) is 10.8 Å². The Hall–Kier alpha value is -4.39. The molecule has 7 heteroatoms. The molecule has 0 aliphatic heterocycles. The molecule has 0 unspecified atom stereocenters. The van der Waals surface area contributed by atoms with Gasteiger partial charge in [0.15, 0.2) is 0 Å². The number of nitrogens with zero attached hydrogens (tertiary/aromatic N) is 2. The first-order valence-corrected chi connectivity index (χ1v) is 13.7. The lowest BCUT2D eigenvalue weighted by Gasteiger charge is -2.22. The fourth-order valence-electron chi connectivity index (χ4n) is 4.40. The fourth-order valence-corrected chi connectivity index (χ4v) is 4.40. The number of hydrogen-bond acceptors (Lipinski definition) is 4. The van der Waals surface area contributed by atoms with Gasteiger partial charge in [0.05, 0.1) is 36.0 Å². The van der Waals surface area contributed by atoms with Crippen LogP contribution < -0.4 is 10.6 Å². The first-order chi connectivity index (χ1) is 18.9. The summed E-state index contributed by atoms with van der Waals surface area (Å²) in [5.74, 6) is 1.62. The van der Waals surface area contributed by atoms with Gasteiger partial charge in [-0.2, -0.15) is 0 Å². The van der Waals surface area contributed by atoms with Crippen molar-refractivity contribution in [2.24, 2.45) is 10.8 Å². The second-order valence-electron chi connectivity index (χ2n) is 12.5. The highest BCUT2D eigenvalue weighted by Crippen LogP contribution is 2.30. The molecule has 4 N–H and O–H groups in total. The zero-order chi connectivity index (χ0) is 28.7. The highest BCUT2D eigenvalue weighted by molar-refractivity contribution is 5.91. The van der Waals surface area contributed by atoms with E-state index in [0.717, 1.165) is 56.1 Å². The van der Waals surface area contributed by atoms with Gasteiger partial charge in [-0.3, -0.25) is 4.79 Å². The van der Waals surface area contributed by atoms with Gasteiger partial charge in [0.25, 0.3) is 0 Å². The molecule has 3 aromatic carbocycles. The van der Waals surface area contributed by atoms with Crippen LogP contribution in [0.4, 0.5) is 0 Å². The SMILES string of the molecule is C=C(NCc1ncc(-c2ccc3cc(-c4ccc5nc(CNC(=O)C(C)(C)C)[nH]c5c4)ccc3c2)[nH]1)C(C)(C)C. The maximum absolute atomic E-state index is 12.2. The molecule has 1 amide bonds. The summed E-state index contributed by atoms with van der Waals surface area (Å²) >= 11 is 0. The Labute approximate surface area is 235 Å². The van der Waals surface area contributed by atoms with Crippen molar-refractivity contribution in [2.75, 3.05) is 0 Å². The van der Waals surface area contributed by atoms with Crippen molar-refractivity contribution in [2.45, 2.75) is 54.6 Å². The number of aromatic nitrogens is 4. The first-order valence-electron chi connectivity index (χ1n) is 13.7. The lowest BCUT2D eigenvalue weighted by Crippen LogP contribution is -2.34. The molecule has 0 radical (unpaired) electrons. The number of fused-ring (bicyclic) bond motifs is 2. The second-order valence-corrected chi connectivity index (χ2v) is 12.5. The molecular formula is C33H38N6O. The minimum Gasteiger partial charge on any atom is -0.381 e. The zero-order valence-electron chi connectivity index (χ0n) is 24.2. The van der Waals surface area contributed by atoms with Crippen molar-refractivity contribution < 1.29 is 4.79 Å². The number of allylic oxidation sites excluding steroid dienone is 1. The summed E-state index contributed by atoms with van der Waals surface area (Å²) in [6.45, 7) is 17.2. The minimum atomic E-state index is -0.434. The van der Waals surface area contributed by atoms with E-state index in [-0.39, 0.29) is 11.3 Å². The van der Waals surface area contributed by atoms with E-state index in [1.165, 1.54) is 5.39 Å². The highest BCUT2D eigenvalue weighted by Gasteiger charge is 2.21. The third kappa shape index (κ3) is 5.93. The Morgan fingerprint density at radius 2 is 1.40 bits per heavy atom. The quantitative estimate of drug-likeness (QED) is 0.179. The molecule has 206 valence electrons. The van der Waals surface area contributed by atoms with E-state index in [1.54, 1.807) is 0 Å². The minimum absolute atomic E-state index is 0.000303. The standard InChI is InChI=1S/C33H38N6O/c1-20(32(2,3)4)34-18-29-35-17-28(39-29)25-11-10-21-14-22(8-9-23(21)15-25)24-12-13-26-27(16-24)38-30(37-26)19-36-31(40)33(5,6)7/h8-17,34H,1,18-19H2,2-7H3,(H,35,39)(H,36,40)(H,37,38). The number of carbonyl (C=O) groups is 1. The molecule has 0 bridgehead atoms. The maximum atomic E-state index is 12.2. The topological polar surface area (TPSA) is 98.5 Å². The van der Waals surface area contributed by atoms with E-state index in [9.17, 15) is 4.79 Å². The van der Waals surface area contributed by atoms with E-state index in [0.29, 0.717) is 13.1 Å². The monoisotopic (exact) mass is 534 g/mol. The van der Waals surface area contributed by atoms with Crippen LogP contribution in [0.5, 0.6) is 0 Å². The lowest BCUT2D eigenvalue weighted by molar-refractivity contribution is -0.128. The predicted molar refractivity (Wildman–Crippen MR) is 163 cm³/mol.